The highest BCUT2D eigenvalue weighted by Crippen LogP contribution is 2.26. The molecule has 0 amide bonds. The molecule has 8 nitrogen and oxygen atoms in total. The molecule has 0 radical (unpaired) electrons. The van der Waals surface area contributed by atoms with E-state index in [0.717, 1.165) is 35.7 Å². The molecule has 0 aromatic carbocycles. The maximum atomic E-state index is 11.6. The number of hydrogen-bond acceptors (Lipinski definition) is 7. The molecule has 144 valence electrons. The molecule has 4 rings (SSSR count). The predicted octanol–water partition coefficient (Wildman–Crippen LogP) is 1.39. The number of aliphatic imine (C=N–C) groups is 1. The Labute approximate surface area is 160 Å². The maximum Gasteiger partial charge on any atom is 0.238 e. The van der Waals surface area contributed by atoms with E-state index in [9.17, 15) is 4.21 Å². The maximum absolute atomic E-state index is 11.6. The summed E-state index contributed by atoms with van der Waals surface area (Å²) in [5.74, 6) is 3.00. The van der Waals surface area contributed by atoms with Crippen LogP contribution >= 0.6 is 0 Å². The molecule has 0 aliphatic carbocycles. The second kappa shape index (κ2) is 7.77. The number of rotatable bonds is 4. The highest BCUT2D eigenvalue weighted by atomic mass is 32.2. The number of nitrogens with one attached hydrogen (secondary N) is 1. The summed E-state index contributed by atoms with van der Waals surface area (Å²) in [5.41, 5.74) is 5.28. The lowest BCUT2D eigenvalue weighted by molar-refractivity contribution is 0.0480. The molecule has 0 bridgehead atoms. The Morgan fingerprint density at radius 3 is 2.85 bits per heavy atom. The Morgan fingerprint density at radius 2 is 2.15 bits per heavy atom. The average molecular weight is 389 g/mol. The van der Waals surface area contributed by atoms with Crippen molar-refractivity contribution in [1.82, 2.24) is 20.0 Å². The fraction of sp³-hybridized carbons (Fsp3) is 0.500. The molecule has 27 heavy (non-hydrogen) atoms. The van der Waals surface area contributed by atoms with E-state index in [1.165, 1.54) is 0 Å². The summed E-state index contributed by atoms with van der Waals surface area (Å²) in [7, 11) is 0.919. The van der Waals surface area contributed by atoms with E-state index in [4.69, 9.17) is 14.6 Å². The van der Waals surface area contributed by atoms with E-state index in [-0.39, 0.29) is 6.04 Å². The van der Waals surface area contributed by atoms with Gasteiger partial charge in [0.2, 0.25) is 5.88 Å². The van der Waals surface area contributed by atoms with Crippen molar-refractivity contribution in [2.24, 2.45) is 10.9 Å². The summed E-state index contributed by atoms with van der Waals surface area (Å²) in [6, 6.07) is 3.88. The zero-order chi connectivity index (χ0) is 18.8. The highest BCUT2D eigenvalue weighted by molar-refractivity contribution is 7.85. The molecule has 0 spiro atoms. The number of nitrogens with zero attached hydrogens (tertiary/aromatic N) is 4. The molecular weight excluding hydrogens is 366 g/mol. The van der Waals surface area contributed by atoms with Gasteiger partial charge in [0.25, 0.3) is 0 Å². The van der Waals surface area contributed by atoms with Crippen molar-refractivity contribution >= 4 is 16.6 Å². The van der Waals surface area contributed by atoms with E-state index < -0.39 is 10.8 Å². The first-order chi connectivity index (χ1) is 13.1. The first-order valence-corrected chi connectivity index (χ1v) is 10.5. The van der Waals surface area contributed by atoms with Crippen molar-refractivity contribution in [3.05, 3.63) is 36.0 Å². The van der Waals surface area contributed by atoms with Crippen LogP contribution in [0.15, 0.2) is 29.6 Å². The van der Waals surface area contributed by atoms with Crippen molar-refractivity contribution in [3.63, 3.8) is 0 Å². The summed E-state index contributed by atoms with van der Waals surface area (Å²) in [5, 5.41) is 0. The molecule has 1 unspecified atom stereocenters. The Bertz CT molecular complexity index is 872. The van der Waals surface area contributed by atoms with Crippen LogP contribution in [0.4, 0.5) is 0 Å². The molecule has 0 saturated carbocycles. The number of pyridine rings is 1. The quantitative estimate of drug-likeness (QED) is 0.850. The lowest BCUT2D eigenvalue weighted by Crippen LogP contribution is -2.41. The highest BCUT2D eigenvalue weighted by Gasteiger charge is 2.29. The second-order valence-corrected chi connectivity index (χ2v) is 8.49. The number of methoxy groups -OCH3 is 1. The fourth-order valence-corrected chi connectivity index (χ4v) is 4.78. The van der Waals surface area contributed by atoms with Crippen LogP contribution in [0.25, 0.3) is 5.69 Å². The summed E-state index contributed by atoms with van der Waals surface area (Å²) < 4.78 is 19.0. The van der Waals surface area contributed by atoms with Crippen LogP contribution in [0.2, 0.25) is 0 Å². The normalized spacial score (nSPS) is 25.6. The van der Waals surface area contributed by atoms with E-state index in [1.807, 2.05) is 29.8 Å². The Kier molecular flexibility index (Phi) is 5.22. The number of aromatic nitrogens is 3. The van der Waals surface area contributed by atoms with Crippen LogP contribution in [0.3, 0.4) is 0 Å². The van der Waals surface area contributed by atoms with Gasteiger partial charge in [0.1, 0.15) is 11.4 Å². The van der Waals surface area contributed by atoms with Gasteiger partial charge in [-0.3, -0.25) is 14.0 Å². The van der Waals surface area contributed by atoms with Crippen LogP contribution in [-0.2, 0) is 15.6 Å². The zero-order valence-electron chi connectivity index (χ0n) is 15.4. The molecule has 2 aliphatic heterocycles. The Hall–Kier alpha value is -2.26. The third kappa shape index (κ3) is 3.89. The summed E-state index contributed by atoms with van der Waals surface area (Å²) in [6.07, 6.45) is 5.50. The molecule has 9 heteroatoms. The van der Waals surface area contributed by atoms with Crippen molar-refractivity contribution < 1.29 is 13.8 Å². The second-order valence-electron chi connectivity index (χ2n) is 6.79. The minimum absolute atomic E-state index is 0.0577. The molecule has 1 atom stereocenters. The topological polar surface area (TPSA) is 90.6 Å². The van der Waals surface area contributed by atoms with Gasteiger partial charge in [-0.15, -0.1) is 0 Å². The number of amidine groups is 1. The van der Waals surface area contributed by atoms with E-state index in [2.05, 4.69) is 15.4 Å². The molecule has 2 aromatic heterocycles. The summed E-state index contributed by atoms with van der Waals surface area (Å²) in [4.78, 5) is 19.2. The number of hydroxylamine groups is 1. The van der Waals surface area contributed by atoms with Crippen molar-refractivity contribution in [3.8, 4) is 11.6 Å². The molecule has 1 fully saturated rings. The standard InChI is InChI=1S/C18H23N5O3S/c1-12-9-23(11-19-12)16-4-3-14(21-18(16)25-2)17-20-15(10-26-22-17)13-5-7-27(24)8-6-13/h3-4,9,11,13,15H,5-8,10H2,1-2H3,(H,20,22). The van der Waals surface area contributed by atoms with Crippen LogP contribution in [0.5, 0.6) is 5.88 Å². The van der Waals surface area contributed by atoms with Crippen molar-refractivity contribution in [2.45, 2.75) is 25.8 Å². The molecule has 2 aromatic rings. The zero-order valence-corrected chi connectivity index (χ0v) is 16.2. The molecule has 1 saturated heterocycles. The SMILES string of the molecule is COc1nc(C2=NC(C3CCS(=O)CC3)CON2)ccc1-n1cnc(C)c1. The van der Waals surface area contributed by atoms with Gasteiger partial charge in [-0.25, -0.2) is 15.4 Å². The first-order valence-electron chi connectivity index (χ1n) is 9.01. The van der Waals surface area contributed by atoms with Gasteiger partial charge in [0, 0.05) is 28.5 Å². The minimum atomic E-state index is -0.675. The first kappa shape index (κ1) is 18.1. The van der Waals surface area contributed by atoms with Gasteiger partial charge < -0.3 is 9.30 Å². The van der Waals surface area contributed by atoms with Gasteiger partial charge in [-0.2, -0.15) is 0 Å². The van der Waals surface area contributed by atoms with Gasteiger partial charge in [0.05, 0.1) is 31.8 Å². The third-order valence-corrected chi connectivity index (χ3v) is 6.34. The largest absolute Gasteiger partial charge is 0.479 e. The van der Waals surface area contributed by atoms with E-state index >= 15 is 0 Å². The Morgan fingerprint density at radius 1 is 1.33 bits per heavy atom. The molecule has 1 N–H and O–H groups in total. The van der Waals surface area contributed by atoms with Crippen LogP contribution < -0.4 is 10.2 Å². The number of ether oxygens (including phenoxy) is 1. The van der Waals surface area contributed by atoms with Crippen LogP contribution in [-0.4, -0.2) is 55.8 Å². The predicted molar refractivity (Wildman–Crippen MR) is 103 cm³/mol. The fourth-order valence-electron chi connectivity index (χ4n) is 3.45. The van der Waals surface area contributed by atoms with Gasteiger partial charge in [0.15, 0.2) is 5.84 Å². The summed E-state index contributed by atoms with van der Waals surface area (Å²) in [6.45, 7) is 2.45. The molecule has 4 heterocycles. The monoisotopic (exact) mass is 389 g/mol. The van der Waals surface area contributed by atoms with Crippen LogP contribution in [0.1, 0.15) is 24.2 Å². The van der Waals surface area contributed by atoms with Gasteiger partial charge in [-0.05, 0) is 37.8 Å². The number of hydrogen-bond donors (Lipinski definition) is 1. The van der Waals surface area contributed by atoms with Crippen molar-refractivity contribution in [2.75, 3.05) is 25.2 Å². The minimum Gasteiger partial charge on any atom is -0.479 e. The summed E-state index contributed by atoms with van der Waals surface area (Å²) >= 11 is 0. The smallest absolute Gasteiger partial charge is 0.238 e. The molecule has 2 aliphatic rings. The average Bonchev–Trinajstić information content (AvgIpc) is 3.14. The number of aryl methyl sites for hydroxylation is 1. The van der Waals surface area contributed by atoms with E-state index in [0.29, 0.717) is 29.9 Å². The third-order valence-electron chi connectivity index (χ3n) is 4.96. The van der Waals surface area contributed by atoms with Crippen molar-refractivity contribution in [1.29, 1.82) is 0 Å². The number of imidazole rings is 1. The molecular formula is C18H23N5O3S. The van der Waals surface area contributed by atoms with Gasteiger partial charge in [-0.1, -0.05) is 0 Å². The lowest BCUT2D eigenvalue weighted by Gasteiger charge is -2.30. The van der Waals surface area contributed by atoms with Crippen LogP contribution in [0, 0.1) is 12.8 Å². The Balaban J connectivity index is 1.59. The lowest BCUT2D eigenvalue weighted by atomic mass is 9.94. The van der Waals surface area contributed by atoms with Gasteiger partial charge >= 0.3 is 0 Å². The van der Waals surface area contributed by atoms with E-state index in [1.54, 1.807) is 13.4 Å².